The van der Waals surface area contributed by atoms with Crippen LogP contribution >= 0.6 is 23.2 Å². The Hall–Kier alpha value is -1.46. The Kier molecular flexibility index (Phi) is 6.34. The van der Waals surface area contributed by atoms with E-state index in [0.29, 0.717) is 10.0 Å². The van der Waals surface area contributed by atoms with Gasteiger partial charge in [0.25, 0.3) is 5.91 Å². The van der Waals surface area contributed by atoms with E-state index < -0.39 is 11.9 Å². The molecule has 0 atom stereocenters. The van der Waals surface area contributed by atoms with Crippen molar-refractivity contribution in [3.8, 4) is 5.75 Å². The molecule has 0 spiro atoms. The van der Waals surface area contributed by atoms with Crippen LogP contribution in [0, 0.1) is 0 Å². The van der Waals surface area contributed by atoms with Crippen molar-refractivity contribution >= 4 is 35.1 Å². The summed E-state index contributed by atoms with van der Waals surface area (Å²) in [6.45, 7) is -0.332. The molecule has 2 N–H and O–H groups in total. The summed E-state index contributed by atoms with van der Waals surface area (Å²) in [4.78, 5) is 23.4. The Bertz CT molecular complexity index is 525. The number of ether oxygens (including phenoxy) is 1. The van der Waals surface area contributed by atoms with E-state index in [0.717, 1.165) is 25.7 Å². The summed E-state index contributed by atoms with van der Waals surface area (Å²) >= 11 is 11.9. The summed E-state index contributed by atoms with van der Waals surface area (Å²) in [6.07, 6.45) is 5.31. The molecule has 5 nitrogen and oxygen atoms in total. The molecule has 1 aromatic rings. The lowest BCUT2D eigenvalue weighted by atomic mass is 9.96. The summed E-state index contributed by atoms with van der Waals surface area (Å²) in [5.41, 5.74) is 0. The fourth-order valence-electron chi connectivity index (χ4n) is 2.39. The number of rotatable bonds is 4. The maximum atomic E-state index is 11.7. The summed E-state index contributed by atoms with van der Waals surface area (Å²) in [5.74, 6) is -0.321. The second-order valence-corrected chi connectivity index (χ2v) is 6.01. The number of imide groups is 1. The lowest BCUT2D eigenvalue weighted by molar-refractivity contribution is -0.122. The number of halogens is 2. The van der Waals surface area contributed by atoms with Gasteiger partial charge in [-0.05, 0) is 25.0 Å². The molecule has 22 heavy (non-hydrogen) atoms. The molecule has 1 aliphatic rings. The second-order valence-electron chi connectivity index (χ2n) is 5.20. The number of nitrogens with one attached hydrogen (secondary N) is 2. The highest BCUT2D eigenvalue weighted by Gasteiger charge is 2.17. The SMILES string of the molecule is O=C(COc1c(Cl)cccc1Cl)NC(=O)NC1CCCCC1. The van der Waals surface area contributed by atoms with Crippen molar-refractivity contribution in [2.75, 3.05) is 6.61 Å². The van der Waals surface area contributed by atoms with E-state index in [1.54, 1.807) is 18.2 Å². The number of carbonyl (C=O) groups is 2. The number of amides is 3. The zero-order chi connectivity index (χ0) is 15.9. The van der Waals surface area contributed by atoms with Gasteiger partial charge in [-0.25, -0.2) is 4.79 Å². The van der Waals surface area contributed by atoms with Gasteiger partial charge in [0.1, 0.15) is 0 Å². The van der Waals surface area contributed by atoms with Crippen LogP contribution in [-0.4, -0.2) is 24.6 Å². The Morgan fingerprint density at radius 2 is 1.77 bits per heavy atom. The van der Waals surface area contributed by atoms with Crippen LogP contribution in [-0.2, 0) is 4.79 Å². The first-order valence-corrected chi connectivity index (χ1v) is 7.99. The molecule has 1 fully saturated rings. The molecule has 1 aliphatic carbocycles. The third kappa shape index (κ3) is 5.07. The van der Waals surface area contributed by atoms with Crippen LogP contribution < -0.4 is 15.4 Å². The fourth-order valence-corrected chi connectivity index (χ4v) is 2.90. The smallest absolute Gasteiger partial charge is 0.321 e. The molecule has 0 unspecified atom stereocenters. The molecule has 0 aromatic heterocycles. The molecule has 0 radical (unpaired) electrons. The van der Waals surface area contributed by atoms with Gasteiger partial charge >= 0.3 is 6.03 Å². The molecule has 0 aliphatic heterocycles. The number of hydrogen-bond acceptors (Lipinski definition) is 3. The summed E-state index contributed by atoms with van der Waals surface area (Å²) < 4.78 is 5.26. The number of carbonyl (C=O) groups excluding carboxylic acids is 2. The van der Waals surface area contributed by atoms with Gasteiger partial charge in [0.05, 0.1) is 10.0 Å². The first-order valence-electron chi connectivity index (χ1n) is 7.23. The molecule has 1 saturated carbocycles. The topological polar surface area (TPSA) is 67.4 Å². The summed E-state index contributed by atoms with van der Waals surface area (Å²) in [6, 6.07) is 4.54. The zero-order valence-corrected chi connectivity index (χ0v) is 13.5. The van der Waals surface area contributed by atoms with Crippen molar-refractivity contribution in [2.24, 2.45) is 0 Å². The average molecular weight is 345 g/mol. The zero-order valence-electron chi connectivity index (χ0n) is 12.0. The average Bonchev–Trinajstić information content (AvgIpc) is 2.47. The van der Waals surface area contributed by atoms with E-state index in [-0.39, 0.29) is 18.4 Å². The number of hydrogen-bond donors (Lipinski definition) is 2. The monoisotopic (exact) mass is 344 g/mol. The first kappa shape index (κ1) is 16.9. The predicted octanol–water partition coefficient (Wildman–Crippen LogP) is 3.53. The van der Waals surface area contributed by atoms with E-state index in [9.17, 15) is 9.59 Å². The summed E-state index contributed by atoms with van der Waals surface area (Å²) in [7, 11) is 0. The normalized spacial score (nSPS) is 15.2. The lowest BCUT2D eigenvalue weighted by Crippen LogP contribution is -2.46. The quantitative estimate of drug-likeness (QED) is 0.877. The van der Waals surface area contributed by atoms with Gasteiger partial charge in [-0.3, -0.25) is 10.1 Å². The molecule has 1 aromatic carbocycles. The van der Waals surface area contributed by atoms with Crippen molar-refractivity contribution < 1.29 is 14.3 Å². The van der Waals surface area contributed by atoms with Gasteiger partial charge in [-0.1, -0.05) is 48.5 Å². The maximum absolute atomic E-state index is 11.7. The highest BCUT2D eigenvalue weighted by atomic mass is 35.5. The van der Waals surface area contributed by atoms with E-state index >= 15 is 0 Å². The molecular formula is C15H18Cl2N2O3. The minimum Gasteiger partial charge on any atom is -0.481 e. The van der Waals surface area contributed by atoms with Crippen LogP contribution in [0.15, 0.2) is 18.2 Å². The highest BCUT2D eigenvalue weighted by Crippen LogP contribution is 2.32. The Morgan fingerprint density at radius 3 is 2.41 bits per heavy atom. The minimum atomic E-state index is -0.552. The number of urea groups is 1. The van der Waals surface area contributed by atoms with Crippen LogP contribution in [0.1, 0.15) is 32.1 Å². The second kappa shape index (κ2) is 8.25. The van der Waals surface area contributed by atoms with Crippen molar-refractivity contribution in [2.45, 2.75) is 38.1 Å². The Balaban J connectivity index is 1.76. The molecule has 120 valence electrons. The molecule has 3 amide bonds. The molecular weight excluding hydrogens is 327 g/mol. The van der Waals surface area contributed by atoms with E-state index in [4.69, 9.17) is 27.9 Å². The Labute approximate surface area is 139 Å². The van der Waals surface area contributed by atoms with Crippen LogP contribution in [0.4, 0.5) is 4.79 Å². The minimum absolute atomic E-state index is 0.139. The lowest BCUT2D eigenvalue weighted by Gasteiger charge is -2.22. The molecule has 7 heteroatoms. The standard InChI is InChI=1S/C15H18Cl2N2O3/c16-11-7-4-8-12(17)14(11)22-9-13(20)19-15(21)18-10-5-2-1-3-6-10/h4,7-8,10H,1-3,5-6,9H2,(H2,18,19,20,21). The third-order valence-electron chi connectivity index (χ3n) is 3.46. The van der Waals surface area contributed by atoms with Crippen LogP contribution in [0.3, 0.4) is 0 Å². The van der Waals surface area contributed by atoms with Crippen molar-refractivity contribution in [3.63, 3.8) is 0 Å². The number of benzene rings is 1. The van der Waals surface area contributed by atoms with Crippen LogP contribution in [0.5, 0.6) is 5.75 Å². The molecule has 0 bridgehead atoms. The largest absolute Gasteiger partial charge is 0.481 e. The van der Waals surface area contributed by atoms with Gasteiger partial charge in [-0.2, -0.15) is 0 Å². The molecule has 2 rings (SSSR count). The maximum Gasteiger partial charge on any atom is 0.321 e. The summed E-state index contributed by atoms with van der Waals surface area (Å²) in [5, 5.41) is 5.65. The van der Waals surface area contributed by atoms with E-state index in [1.807, 2.05) is 0 Å². The Morgan fingerprint density at radius 1 is 1.14 bits per heavy atom. The first-order chi connectivity index (χ1) is 10.6. The van der Waals surface area contributed by atoms with E-state index in [2.05, 4.69) is 10.6 Å². The predicted molar refractivity (Wildman–Crippen MR) is 85.5 cm³/mol. The molecule has 0 heterocycles. The van der Waals surface area contributed by atoms with Gasteiger partial charge < -0.3 is 10.1 Å². The van der Waals surface area contributed by atoms with Crippen molar-refractivity contribution in [3.05, 3.63) is 28.2 Å². The third-order valence-corrected chi connectivity index (χ3v) is 4.06. The van der Waals surface area contributed by atoms with Gasteiger partial charge in [0, 0.05) is 6.04 Å². The van der Waals surface area contributed by atoms with Crippen molar-refractivity contribution in [1.29, 1.82) is 0 Å². The van der Waals surface area contributed by atoms with Gasteiger partial charge in [0.2, 0.25) is 0 Å². The highest BCUT2D eigenvalue weighted by molar-refractivity contribution is 6.37. The van der Waals surface area contributed by atoms with E-state index in [1.165, 1.54) is 6.42 Å². The van der Waals surface area contributed by atoms with Crippen molar-refractivity contribution in [1.82, 2.24) is 10.6 Å². The van der Waals surface area contributed by atoms with Crippen LogP contribution in [0.25, 0.3) is 0 Å². The fraction of sp³-hybridized carbons (Fsp3) is 0.467. The van der Waals surface area contributed by atoms with Crippen LogP contribution in [0.2, 0.25) is 10.0 Å². The molecule has 0 saturated heterocycles. The van der Waals surface area contributed by atoms with Gasteiger partial charge in [-0.15, -0.1) is 0 Å². The number of para-hydroxylation sites is 1. The van der Waals surface area contributed by atoms with Gasteiger partial charge in [0.15, 0.2) is 12.4 Å².